The van der Waals surface area contributed by atoms with Gasteiger partial charge in [-0.15, -0.1) is 0 Å². The number of benzene rings is 1. The fraction of sp³-hybridized carbons (Fsp3) is 0.471. The van der Waals surface area contributed by atoms with Crippen molar-refractivity contribution in [3.05, 3.63) is 40.4 Å². The first-order valence-electron chi connectivity index (χ1n) is 7.52. The monoisotopic (exact) mass is 324 g/mol. The molecule has 0 bridgehead atoms. The quantitative estimate of drug-likeness (QED) is 0.415. The summed E-state index contributed by atoms with van der Waals surface area (Å²) in [7, 11) is 0. The number of carbonyl (C=O) groups is 1. The summed E-state index contributed by atoms with van der Waals surface area (Å²) in [5, 5.41) is 0.586. The molecule has 0 aromatic heterocycles. The summed E-state index contributed by atoms with van der Waals surface area (Å²) in [6.07, 6.45) is 4.03. The van der Waals surface area contributed by atoms with E-state index in [0.717, 1.165) is 24.2 Å². The Bertz CT molecular complexity index is 537. The smallest absolute Gasteiger partial charge is 0.330 e. The van der Waals surface area contributed by atoms with E-state index in [1.54, 1.807) is 19.1 Å². The van der Waals surface area contributed by atoms with Gasteiger partial charge in [0, 0.05) is 11.1 Å². The molecule has 1 aliphatic rings. The van der Waals surface area contributed by atoms with Crippen LogP contribution in [0.1, 0.15) is 37.5 Å². The molecule has 1 saturated heterocycles. The van der Waals surface area contributed by atoms with Crippen molar-refractivity contribution in [3.63, 3.8) is 0 Å². The Morgan fingerprint density at radius 1 is 1.50 bits per heavy atom. The first-order valence-corrected chi connectivity index (χ1v) is 7.89. The Labute approximate surface area is 136 Å². The van der Waals surface area contributed by atoms with E-state index in [1.165, 1.54) is 6.08 Å². The van der Waals surface area contributed by atoms with Gasteiger partial charge >= 0.3 is 5.97 Å². The van der Waals surface area contributed by atoms with Crippen LogP contribution in [0.25, 0.3) is 6.08 Å². The molecule has 1 aromatic carbocycles. The maximum atomic E-state index is 11.5. The van der Waals surface area contributed by atoms with E-state index in [-0.39, 0.29) is 18.2 Å². The summed E-state index contributed by atoms with van der Waals surface area (Å²) in [5.74, 6) is -0.381. The van der Waals surface area contributed by atoms with Crippen LogP contribution in [0, 0.1) is 0 Å². The van der Waals surface area contributed by atoms with Crippen LogP contribution in [-0.4, -0.2) is 31.9 Å². The molecule has 0 saturated carbocycles. The van der Waals surface area contributed by atoms with E-state index in [0.29, 0.717) is 18.2 Å². The molecule has 0 N–H and O–H groups in total. The molecule has 120 valence electrons. The molecule has 2 atom stereocenters. The largest absolute Gasteiger partial charge is 0.463 e. The second kappa shape index (κ2) is 8.32. The van der Waals surface area contributed by atoms with Crippen molar-refractivity contribution in [2.45, 2.75) is 32.5 Å². The number of rotatable bonds is 8. The lowest BCUT2D eigenvalue weighted by atomic mass is 10.00. The van der Waals surface area contributed by atoms with Crippen LogP contribution in [0.4, 0.5) is 0 Å². The lowest BCUT2D eigenvalue weighted by Gasteiger charge is -2.19. The third-order valence-electron chi connectivity index (χ3n) is 3.36. The van der Waals surface area contributed by atoms with Gasteiger partial charge in [0.15, 0.2) is 0 Å². The fourth-order valence-electron chi connectivity index (χ4n) is 2.17. The maximum absolute atomic E-state index is 11.5. The summed E-state index contributed by atoms with van der Waals surface area (Å²) in [4.78, 5) is 11.5. The zero-order valence-electron chi connectivity index (χ0n) is 12.9. The van der Waals surface area contributed by atoms with Gasteiger partial charge in [-0.2, -0.15) is 0 Å². The van der Waals surface area contributed by atoms with Gasteiger partial charge in [0.1, 0.15) is 6.10 Å². The molecule has 0 unspecified atom stereocenters. The zero-order chi connectivity index (χ0) is 15.9. The van der Waals surface area contributed by atoms with Gasteiger partial charge in [-0.05, 0) is 36.6 Å². The van der Waals surface area contributed by atoms with Crippen LogP contribution >= 0.6 is 11.6 Å². The van der Waals surface area contributed by atoms with Crippen molar-refractivity contribution < 1.29 is 19.0 Å². The lowest BCUT2D eigenvalue weighted by Crippen LogP contribution is -2.10. The molecule has 2 rings (SSSR count). The molecular weight excluding hydrogens is 304 g/mol. The number of halogens is 1. The van der Waals surface area contributed by atoms with Crippen molar-refractivity contribution in [2.24, 2.45) is 0 Å². The van der Waals surface area contributed by atoms with Gasteiger partial charge in [-0.1, -0.05) is 30.7 Å². The van der Waals surface area contributed by atoms with E-state index in [1.807, 2.05) is 12.1 Å². The molecule has 1 heterocycles. The van der Waals surface area contributed by atoms with Crippen LogP contribution in [0.15, 0.2) is 24.3 Å². The van der Waals surface area contributed by atoms with Crippen molar-refractivity contribution in [2.75, 3.05) is 19.8 Å². The number of ether oxygens (including phenoxy) is 3. The first-order chi connectivity index (χ1) is 10.7. The Morgan fingerprint density at radius 3 is 2.91 bits per heavy atom. The molecule has 0 amide bonds. The van der Waals surface area contributed by atoms with E-state index < -0.39 is 0 Å². The highest BCUT2D eigenvalue weighted by molar-refractivity contribution is 6.32. The van der Waals surface area contributed by atoms with E-state index in [4.69, 9.17) is 25.8 Å². The van der Waals surface area contributed by atoms with E-state index in [9.17, 15) is 4.79 Å². The minimum absolute atomic E-state index is 0.0789. The number of hydrogen-bond donors (Lipinski definition) is 0. The molecule has 4 nitrogen and oxygen atoms in total. The molecule has 22 heavy (non-hydrogen) atoms. The van der Waals surface area contributed by atoms with Gasteiger partial charge in [0.25, 0.3) is 0 Å². The van der Waals surface area contributed by atoms with E-state index in [2.05, 4.69) is 6.92 Å². The minimum atomic E-state index is -0.381. The Hall–Kier alpha value is -1.36. The van der Waals surface area contributed by atoms with Crippen LogP contribution in [0.5, 0.6) is 0 Å². The average molecular weight is 325 g/mol. The third kappa shape index (κ3) is 4.83. The van der Waals surface area contributed by atoms with Gasteiger partial charge in [0.05, 0.1) is 25.9 Å². The van der Waals surface area contributed by atoms with Gasteiger partial charge in [-0.25, -0.2) is 4.79 Å². The maximum Gasteiger partial charge on any atom is 0.330 e. The van der Waals surface area contributed by atoms with Crippen molar-refractivity contribution in [1.82, 2.24) is 0 Å². The normalized spacial score (nSPS) is 18.4. The SMILES string of the molecule is CCOC(=O)/C=C/c1c(Cl)cccc1[C@@H](CC)OC[C@H]1CO1. The number of hydrogen-bond acceptors (Lipinski definition) is 4. The van der Waals surface area contributed by atoms with Crippen LogP contribution in [-0.2, 0) is 19.0 Å². The summed E-state index contributed by atoms with van der Waals surface area (Å²) in [6, 6.07) is 5.66. The van der Waals surface area contributed by atoms with Crippen LogP contribution in [0.2, 0.25) is 5.02 Å². The molecule has 0 radical (unpaired) electrons. The summed E-state index contributed by atoms with van der Waals surface area (Å²) >= 11 is 6.28. The lowest BCUT2D eigenvalue weighted by molar-refractivity contribution is -0.137. The standard InChI is InChI=1S/C17H21ClO4/c1-3-16(22-11-12-10-21-12)14-6-5-7-15(18)13(14)8-9-17(19)20-4-2/h5-9,12,16H,3-4,10-11H2,1-2H3/b9-8+/t12-,16-/m1/s1. The Kier molecular flexibility index (Phi) is 6.43. The van der Waals surface area contributed by atoms with E-state index >= 15 is 0 Å². The highest BCUT2D eigenvalue weighted by atomic mass is 35.5. The number of carbonyl (C=O) groups excluding carboxylic acids is 1. The Morgan fingerprint density at radius 2 is 2.27 bits per heavy atom. The van der Waals surface area contributed by atoms with Crippen molar-refractivity contribution in [3.8, 4) is 0 Å². The second-order valence-corrected chi connectivity index (χ2v) is 5.42. The molecule has 1 fully saturated rings. The first kappa shape index (κ1) is 17.0. The molecule has 0 aliphatic carbocycles. The fourth-order valence-corrected chi connectivity index (χ4v) is 2.41. The molecule has 1 aliphatic heterocycles. The predicted molar refractivity (Wildman–Crippen MR) is 85.8 cm³/mol. The predicted octanol–water partition coefficient (Wildman–Crippen LogP) is 3.78. The molecular formula is C17H21ClO4. The molecule has 0 spiro atoms. The average Bonchev–Trinajstić information content (AvgIpc) is 3.31. The molecule has 5 heteroatoms. The summed E-state index contributed by atoms with van der Waals surface area (Å²) < 4.78 is 16.0. The van der Waals surface area contributed by atoms with Crippen molar-refractivity contribution >= 4 is 23.6 Å². The minimum Gasteiger partial charge on any atom is -0.463 e. The topological polar surface area (TPSA) is 48.1 Å². The number of esters is 1. The third-order valence-corrected chi connectivity index (χ3v) is 3.69. The highest BCUT2D eigenvalue weighted by Crippen LogP contribution is 2.31. The van der Waals surface area contributed by atoms with Crippen LogP contribution < -0.4 is 0 Å². The summed E-state index contributed by atoms with van der Waals surface area (Å²) in [5.41, 5.74) is 1.76. The van der Waals surface area contributed by atoms with Crippen molar-refractivity contribution in [1.29, 1.82) is 0 Å². The highest BCUT2D eigenvalue weighted by Gasteiger charge is 2.25. The van der Waals surface area contributed by atoms with Gasteiger partial charge < -0.3 is 14.2 Å². The second-order valence-electron chi connectivity index (χ2n) is 5.01. The van der Waals surface area contributed by atoms with Crippen LogP contribution in [0.3, 0.4) is 0 Å². The Balaban J connectivity index is 2.17. The van der Waals surface area contributed by atoms with Gasteiger partial charge in [-0.3, -0.25) is 0 Å². The zero-order valence-corrected chi connectivity index (χ0v) is 13.6. The van der Waals surface area contributed by atoms with Gasteiger partial charge in [0.2, 0.25) is 0 Å². The summed E-state index contributed by atoms with van der Waals surface area (Å²) in [6.45, 7) is 5.51. The number of epoxide rings is 1. The molecule has 1 aromatic rings.